The molecular weight excluding hydrogens is 252 g/mol. The van der Waals surface area contributed by atoms with Crippen molar-refractivity contribution in [2.75, 3.05) is 23.9 Å². The SMILES string of the molecule is C/C=C/OCCC1CS(=O)(=O)CCS1(=O)=O. The maximum atomic E-state index is 11.6. The van der Waals surface area contributed by atoms with Crippen molar-refractivity contribution in [3.05, 3.63) is 12.3 Å². The van der Waals surface area contributed by atoms with Gasteiger partial charge in [-0.1, -0.05) is 6.08 Å². The molecule has 0 aromatic carbocycles. The van der Waals surface area contributed by atoms with Crippen LogP contribution in [0.3, 0.4) is 0 Å². The first kappa shape index (κ1) is 13.5. The summed E-state index contributed by atoms with van der Waals surface area (Å²) >= 11 is 0. The lowest BCUT2D eigenvalue weighted by atomic mass is 10.3. The highest BCUT2D eigenvalue weighted by atomic mass is 32.2. The lowest BCUT2D eigenvalue weighted by Crippen LogP contribution is -2.40. The molecule has 0 N–H and O–H groups in total. The van der Waals surface area contributed by atoms with Crippen LogP contribution in [0, 0.1) is 0 Å². The Morgan fingerprint density at radius 3 is 2.56 bits per heavy atom. The minimum Gasteiger partial charge on any atom is -0.501 e. The topological polar surface area (TPSA) is 77.5 Å². The summed E-state index contributed by atoms with van der Waals surface area (Å²) in [6.07, 6.45) is 3.38. The van der Waals surface area contributed by atoms with Gasteiger partial charge in [-0.2, -0.15) is 0 Å². The largest absolute Gasteiger partial charge is 0.501 e. The normalized spacial score (nSPS) is 27.9. The quantitative estimate of drug-likeness (QED) is 0.535. The van der Waals surface area contributed by atoms with E-state index >= 15 is 0 Å². The standard InChI is InChI=1S/C9H16O5S2/c1-2-4-14-5-3-9-8-15(10,11)6-7-16(9,12)13/h2,4,9H,3,5-8H2,1H3/b4-2+. The third kappa shape index (κ3) is 3.79. The van der Waals surface area contributed by atoms with Crippen molar-refractivity contribution in [1.82, 2.24) is 0 Å². The first-order valence-corrected chi connectivity index (χ1v) is 8.56. The second-order valence-corrected chi connectivity index (χ2v) is 8.36. The van der Waals surface area contributed by atoms with E-state index < -0.39 is 24.9 Å². The molecule has 94 valence electrons. The summed E-state index contributed by atoms with van der Waals surface area (Å²) in [7, 11) is -6.46. The van der Waals surface area contributed by atoms with E-state index in [2.05, 4.69) is 0 Å². The van der Waals surface area contributed by atoms with Gasteiger partial charge in [-0.05, 0) is 13.3 Å². The zero-order chi connectivity index (χ0) is 12.2. The van der Waals surface area contributed by atoms with Crippen LogP contribution in [0.25, 0.3) is 0 Å². The van der Waals surface area contributed by atoms with Gasteiger partial charge in [0.2, 0.25) is 0 Å². The Balaban J connectivity index is 2.61. The zero-order valence-corrected chi connectivity index (χ0v) is 10.8. The van der Waals surface area contributed by atoms with Gasteiger partial charge in [0.25, 0.3) is 0 Å². The van der Waals surface area contributed by atoms with Crippen molar-refractivity contribution >= 4 is 19.7 Å². The van der Waals surface area contributed by atoms with Gasteiger partial charge in [0.05, 0.1) is 35.4 Å². The smallest absolute Gasteiger partial charge is 0.155 e. The van der Waals surface area contributed by atoms with Gasteiger partial charge in [-0.25, -0.2) is 16.8 Å². The number of rotatable bonds is 4. The van der Waals surface area contributed by atoms with E-state index in [1.54, 1.807) is 13.0 Å². The first-order valence-electron chi connectivity index (χ1n) is 5.02. The Labute approximate surface area is 96.3 Å². The van der Waals surface area contributed by atoms with Crippen molar-refractivity contribution < 1.29 is 21.6 Å². The van der Waals surface area contributed by atoms with Crippen LogP contribution in [0.15, 0.2) is 12.3 Å². The van der Waals surface area contributed by atoms with Gasteiger partial charge in [-0.15, -0.1) is 0 Å². The van der Waals surface area contributed by atoms with Crippen LogP contribution < -0.4 is 0 Å². The molecule has 1 aliphatic rings. The van der Waals surface area contributed by atoms with Gasteiger partial charge in [0.15, 0.2) is 19.7 Å². The van der Waals surface area contributed by atoms with E-state index in [-0.39, 0.29) is 30.3 Å². The van der Waals surface area contributed by atoms with Crippen LogP contribution in [-0.2, 0) is 24.4 Å². The fraction of sp³-hybridized carbons (Fsp3) is 0.778. The van der Waals surface area contributed by atoms with E-state index in [1.165, 1.54) is 6.26 Å². The third-order valence-electron chi connectivity index (χ3n) is 2.42. The van der Waals surface area contributed by atoms with E-state index in [9.17, 15) is 16.8 Å². The first-order chi connectivity index (χ1) is 7.37. The molecule has 1 saturated heterocycles. The number of ether oxygens (including phenoxy) is 1. The summed E-state index contributed by atoms with van der Waals surface area (Å²) in [5, 5.41) is -0.809. The molecule has 1 unspecified atom stereocenters. The molecule has 0 spiro atoms. The van der Waals surface area contributed by atoms with Crippen LogP contribution >= 0.6 is 0 Å². The maximum Gasteiger partial charge on any atom is 0.155 e. The fourth-order valence-electron chi connectivity index (χ4n) is 1.51. The predicted molar refractivity (Wildman–Crippen MR) is 61.6 cm³/mol. The summed E-state index contributed by atoms with van der Waals surface area (Å²) in [6, 6.07) is 0. The molecule has 16 heavy (non-hydrogen) atoms. The Morgan fingerprint density at radius 1 is 1.25 bits per heavy atom. The lowest BCUT2D eigenvalue weighted by molar-refractivity contribution is 0.243. The molecule has 1 aliphatic heterocycles. The van der Waals surface area contributed by atoms with Crippen LogP contribution in [0.1, 0.15) is 13.3 Å². The highest BCUT2D eigenvalue weighted by molar-refractivity contribution is 7.98. The highest BCUT2D eigenvalue weighted by Crippen LogP contribution is 2.17. The van der Waals surface area contributed by atoms with Gasteiger partial charge in [0, 0.05) is 0 Å². The number of allylic oxidation sites excluding steroid dienone is 1. The zero-order valence-electron chi connectivity index (χ0n) is 9.13. The average molecular weight is 268 g/mol. The van der Waals surface area contributed by atoms with Crippen molar-refractivity contribution in [1.29, 1.82) is 0 Å². The molecule has 1 atom stereocenters. The Kier molecular flexibility index (Phi) is 4.37. The molecule has 0 aliphatic carbocycles. The molecule has 0 amide bonds. The van der Waals surface area contributed by atoms with E-state index in [1.807, 2.05) is 0 Å². The van der Waals surface area contributed by atoms with Crippen LogP contribution in [-0.4, -0.2) is 46.0 Å². The van der Waals surface area contributed by atoms with E-state index in [0.717, 1.165) is 0 Å². The Morgan fingerprint density at radius 2 is 1.94 bits per heavy atom. The number of sulfone groups is 2. The van der Waals surface area contributed by atoms with Crippen LogP contribution in [0.5, 0.6) is 0 Å². The monoisotopic (exact) mass is 268 g/mol. The molecular formula is C9H16O5S2. The van der Waals surface area contributed by atoms with Gasteiger partial charge < -0.3 is 4.74 Å². The van der Waals surface area contributed by atoms with Crippen molar-refractivity contribution in [2.45, 2.75) is 18.6 Å². The molecule has 0 radical (unpaired) electrons. The number of hydrogen-bond acceptors (Lipinski definition) is 5. The number of hydrogen-bond donors (Lipinski definition) is 0. The maximum absolute atomic E-state index is 11.6. The van der Waals surface area contributed by atoms with E-state index in [4.69, 9.17) is 4.74 Å². The highest BCUT2D eigenvalue weighted by Gasteiger charge is 2.36. The molecule has 7 heteroatoms. The molecule has 5 nitrogen and oxygen atoms in total. The summed E-state index contributed by atoms with van der Waals surface area (Å²) < 4.78 is 50.8. The van der Waals surface area contributed by atoms with Crippen molar-refractivity contribution in [2.24, 2.45) is 0 Å². The predicted octanol–water partition coefficient (Wildman–Crippen LogP) is 0.139. The van der Waals surface area contributed by atoms with Gasteiger partial charge >= 0.3 is 0 Å². The van der Waals surface area contributed by atoms with Crippen LogP contribution in [0.2, 0.25) is 0 Å². The van der Waals surface area contributed by atoms with Crippen molar-refractivity contribution in [3.63, 3.8) is 0 Å². The Bertz CT molecular complexity index is 446. The molecule has 0 saturated carbocycles. The summed E-state index contributed by atoms with van der Waals surface area (Å²) in [5.74, 6) is -0.778. The molecule has 0 aromatic rings. The molecule has 1 rings (SSSR count). The molecule has 0 aromatic heterocycles. The van der Waals surface area contributed by atoms with Crippen LogP contribution in [0.4, 0.5) is 0 Å². The van der Waals surface area contributed by atoms with Gasteiger partial charge in [-0.3, -0.25) is 0 Å². The second-order valence-electron chi connectivity index (χ2n) is 3.73. The lowest BCUT2D eigenvalue weighted by Gasteiger charge is -2.21. The summed E-state index contributed by atoms with van der Waals surface area (Å²) in [5.41, 5.74) is 0. The third-order valence-corrected chi connectivity index (χ3v) is 6.81. The molecule has 1 fully saturated rings. The fourth-order valence-corrected chi connectivity index (χ4v) is 6.59. The van der Waals surface area contributed by atoms with E-state index in [0.29, 0.717) is 0 Å². The summed E-state index contributed by atoms with van der Waals surface area (Å²) in [6.45, 7) is 2.01. The Hall–Kier alpha value is -0.560. The van der Waals surface area contributed by atoms with Gasteiger partial charge in [0.1, 0.15) is 0 Å². The van der Waals surface area contributed by atoms with Crippen molar-refractivity contribution in [3.8, 4) is 0 Å². The summed E-state index contributed by atoms with van der Waals surface area (Å²) in [4.78, 5) is 0. The second kappa shape index (κ2) is 5.18. The molecule has 0 bridgehead atoms. The average Bonchev–Trinajstić information content (AvgIpc) is 2.18. The molecule has 1 heterocycles. The minimum atomic E-state index is -3.27. The minimum absolute atomic E-state index is 0.226.